The van der Waals surface area contributed by atoms with Crippen molar-refractivity contribution in [1.29, 1.82) is 0 Å². The standard InChI is InChI=1S/C24H23NO9/c1-3-34-24(33)13(10-16(23(31)32)25-11(2)26)7-12-8-15-20(18(28)9-12)22(30)19-14(21(15)29)5-4-6-17(19)27/h4-6,8-9,13,16,27-28H,3,7,10H2,1-2H3,(H,25,26)(H,31,32). The highest BCUT2D eigenvalue weighted by atomic mass is 16.5. The second-order valence-electron chi connectivity index (χ2n) is 7.88. The lowest BCUT2D eigenvalue weighted by molar-refractivity contribution is -0.150. The highest BCUT2D eigenvalue weighted by Gasteiger charge is 2.35. The van der Waals surface area contributed by atoms with Crippen LogP contribution in [0.25, 0.3) is 0 Å². The van der Waals surface area contributed by atoms with Gasteiger partial charge in [0, 0.05) is 18.1 Å². The highest BCUT2D eigenvalue weighted by Crippen LogP contribution is 2.37. The number of ketones is 2. The fraction of sp³-hybridized carbons (Fsp3) is 0.292. The lowest BCUT2D eigenvalue weighted by Crippen LogP contribution is -2.42. The van der Waals surface area contributed by atoms with Crippen LogP contribution in [-0.4, -0.2) is 57.4 Å². The van der Waals surface area contributed by atoms with Gasteiger partial charge in [0.2, 0.25) is 11.7 Å². The van der Waals surface area contributed by atoms with E-state index in [1.165, 1.54) is 30.3 Å². The Morgan fingerprint density at radius 3 is 2.29 bits per heavy atom. The van der Waals surface area contributed by atoms with E-state index in [1.54, 1.807) is 6.92 Å². The zero-order valence-electron chi connectivity index (χ0n) is 18.5. The van der Waals surface area contributed by atoms with Gasteiger partial charge in [-0.2, -0.15) is 0 Å². The maximum atomic E-state index is 13.0. The zero-order valence-corrected chi connectivity index (χ0v) is 18.5. The van der Waals surface area contributed by atoms with Crippen molar-refractivity contribution < 1.29 is 44.0 Å². The minimum absolute atomic E-state index is 0.0207. The number of fused-ring (bicyclic) bond motifs is 2. The van der Waals surface area contributed by atoms with Gasteiger partial charge in [-0.1, -0.05) is 12.1 Å². The summed E-state index contributed by atoms with van der Waals surface area (Å²) in [5.74, 6) is -5.88. The predicted octanol–water partition coefficient (Wildman–Crippen LogP) is 1.57. The molecule has 2 aromatic rings. The lowest BCUT2D eigenvalue weighted by Gasteiger charge is -2.23. The number of phenolic OH excluding ortho intramolecular Hbond substituents is 2. The molecule has 178 valence electrons. The number of amides is 1. The van der Waals surface area contributed by atoms with Crippen LogP contribution in [0.15, 0.2) is 30.3 Å². The normalized spacial score (nSPS) is 13.9. The summed E-state index contributed by atoms with van der Waals surface area (Å²) in [5.41, 5.74) is -0.305. The molecule has 0 heterocycles. The van der Waals surface area contributed by atoms with Gasteiger partial charge in [-0.3, -0.25) is 19.2 Å². The van der Waals surface area contributed by atoms with E-state index in [-0.39, 0.29) is 53.0 Å². The smallest absolute Gasteiger partial charge is 0.326 e. The fourth-order valence-electron chi connectivity index (χ4n) is 4.02. The van der Waals surface area contributed by atoms with Crippen LogP contribution in [0.4, 0.5) is 0 Å². The molecular formula is C24H23NO9. The molecule has 0 saturated heterocycles. The topological polar surface area (TPSA) is 167 Å². The first-order valence-corrected chi connectivity index (χ1v) is 10.5. The minimum Gasteiger partial charge on any atom is -0.507 e. The number of benzene rings is 2. The second kappa shape index (κ2) is 9.74. The third-order valence-electron chi connectivity index (χ3n) is 5.46. The van der Waals surface area contributed by atoms with E-state index in [4.69, 9.17) is 4.74 Å². The highest BCUT2D eigenvalue weighted by molar-refractivity contribution is 6.30. The fourth-order valence-corrected chi connectivity index (χ4v) is 4.02. The Morgan fingerprint density at radius 2 is 1.68 bits per heavy atom. The third kappa shape index (κ3) is 4.75. The van der Waals surface area contributed by atoms with Crippen molar-refractivity contribution in [3.63, 3.8) is 0 Å². The molecule has 2 atom stereocenters. The molecule has 0 spiro atoms. The summed E-state index contributed by atoms with van der Waals surface area (Å²) >= 11 is 0. The van der Waals surface area contributed by atoms with Crippen molar-refractivity contribution in [2.75, 3.05) is 6.61 Å². The van der Waals surface area contributed by atoms with Gasteiger partial charge in [-0.15, -0.1) is 0 Å². The number of ether oxygens (including phenoxy) is 1. The molecule has 0 aromatic heterocycles. The monoisotopic (exact) mass is 469 g/mol. The van der Waals surface area contributed by atoms with Crippen LogP contribution in [-0.2, 0) is 25.5 Å². The van der Waals surface area contributed by atoms with Crippen molar-refractivity contribution in [2.24, 2.45) is 5.92 Å². The van der Waals surface area contributed by atoms with E-state index in [1.807, 2.05) is 0 Å². The molecule has 2 unspecified atom stereocenters. The lowest BCUT2D eigenvalue weighted by atomic mass is 9.81. The Bertz CT molecular complexity index is 1200. The van der Waals surface area contributed by atoms with Crippen LogP contribution in [0.5, 0.6) is 11.5 Å². The van der Waals surface area contributed by atoms with Crippen molar-refractivity contribution >= 4 is 29.4 Å². The summed E-state index contributed by atoms with van der Waals surface area (Å²) in [6.45, 7) is 2.77. The maximum Gasteiger partial charge on any atom is 0.326 e. The van der Waals surface area contributed by atoms with E-state index in [0.29, 0.717) is 0 Å². The Hall–Kier alpha value is -4.21. The number of carboxylic acids is 1. The molecule has 0 radical (unpaired) electrons. The number of carboxylic acid groups (broad SMARTS) is 1. The molecular weight excluding hydrogens is 446 g/mol. The summed E-state index contributed by atoms with van der Waals surface area (Å²) in [6.07, 6.45) is -0.424. The van der Waals surface area contributed by atoms with Crippen molar-refractivity contribution in [3.8, 4) is 11.5 Å². The Labute approximate surface area is 194 Å². The van der Waals surface area contributed by atoms with E-state index in [0.717, 1.165) is 6.92 Å². The van der Waals surface area contributed by atoms with E-state index >= 15 is 0 Å². The Morgan fingerprint density at radius 1 is 1.00 bits per heavy atom. The van der Waals surface area contributed by atoms with Crippen molar-refractivity contribution in [3.05, 3.63) is 58.1 Å². The molecule has 0 bridgehead atoms. The summed E-state index contributed by atoms with van der Waals surface area (Å²) in [4.78, 5) is 61.4. The van der Waals surface area contributed by atoms with Gasteiger partial charge in [0.1, 0.15) is 17.5 Å². The summed E-state index contributed by atoms with van der Waals surface area (Å²) < 4.78 is 5.05. The number of carbonyl (C=O) groups is 5. The van der Waals surface area contributed by atoms with E-state index in [2.05, 4.69) is 5.32 Å². The predicted molar refractivity (Wildman–Crippen MR) is 117 cm³/mol. The Kier molecular flexibility index (Phi) is 7.00. The van der Waals surface area contributed by atoms with Gasteiger partial charge in [0.25, 0.3) is 0 Å². The molecule has 3 rings (SSSR count). The summed E-state index contributed by atoms with van der Waals surface area (Å²) in [7, 11) is 0. The van der Waals surface area contributed by atoms with Crippen LogP contribution in [0, 0.1) is 5.92 Å². The minimum atomic E-state index is -1.36. The molecule has 1 amide bonds. The first-order chi connectivity index (χ1) is 16.0. The molecule has 1 aliphatic carbocycles. The molecule has 0 fully saturated rings. The number of carbonyl (C=O) groups excluding carboxylic acids is 4. The van der Waals surface area contributed by atoms with E-state index < -0.39 is 47.1 Å². The number of esters is 1. The Balaban J connectivity index is 1.99. The van der Waals surface area contributed by atoms with Crippen LogP contribution in [0.2, 0.25) is 0 Å². The zero-order chi connectivity index (χ0) is 25.2. The molecule has 4 N–H and O–H groups in total. The van der Waals surface area contributed by atoms with E-state index in [9.17, 15) is 39.3 Å². The van der Waals surface area contributed by atoms with Crippen molar-refractivity contribution in [2.45, 2.75) is 32.7 Å². The van der Waals surface area contributed by atoms with Crippen LogP contribution >= 0.6 is 0 Å². The van der Waals surface area contributed by atoms with Crippen LogP contribution in [0.1, 0.15) is 57.7 Å². The second-order valence-corrected chi connectivity index (χ2v) is 7.88. The average molecular weight is 469 g/mol. The summed E-state index contributed by atoms with van der Waals surface area (Å²) in [5, 5.41) is 32.3. The number of nitrogens with one attached hydrogen (secondary N) is 1. The first kappa shape index (κ1) is 24.4. The average Bonchev–Trinajstić information content (AvgIpc) is 2.75. The summed E-state index contributed by atoms with van der Waals surface area (Å²) in [6, 6.07) is 5.25. The number of hydrogen-bond donors (Lipinski definition) is 4. The first-order valence-electron chi connectivity index (χ1n) is 10.5. The molecule has 10 heteroatoms. The molecule has 1 aliphatic rings. The number of aliphatic carboxylic acids is 1. The van der Waals surface area contributed by atoms with Gasteiger partial charge in [0.05, 0.1) is 23.7 Å². The SMILES string of the molecule is CCOC(=O)C(Cc1cc(O)c2c(c1)C(=O)c1cccc(O)c1C2=O)CC(NC(C)=O)C(=O)O. The molecule has 0 saturated carbocycles. The third-order valence-corrected chi connectivity index (χ3v) is 5.46. The number of phenols is 2. The number of hydrogen-bond acceptors (Lipinski definition) is 8. The largest absolute Gasteiger partial charge is 0.507 e. The number of aromatic hydroxyl groups is 2. The molecule has 10 nitrogen and oxygen atoms in total. The van der Waals surface area contributed by atoms with Gasteiger partial charge < -0.3 is 25.4 Å². The molecule has 34 heavy (non-hydrogen) atoms. The maximum absolute atomic E-state index is 13.0. The van der Waals surface area contributed by atoms with Gasteiger partial charge in [-0.05, 0) is 43.5 Å². The van der Waals surface area contributed by atoms with Gasteiger partial charge >= 0.3 is 11.9 Å². The quantitative estimate of drug-likeness (QED) is 0.358. The molecule has 2 aromatic carbocycles. The molecule has 0 aliphatic heterocycles. The van der Waals surface area contributed by atoms with Gasteiger partial charge in [-0.25, -0.2) is 4.79 Å². The number of rotatable bonds is 8. The van der Waals surface area contributed by atoms with Crippen molar-refractivity contribution in [1.82, 2.24) is 5.32 Å². The van der Waals surface area contributed by atoms with Crippen LogP contribution < -0.4 is 5.32 Å². The van der Waals surface area contributed by atoms with Gasteiger partial charge in [0.15, 0.2) is 5.78 Å². The van der Waals surface area contributed by atoms with Crippen LogP contribution in [0.3, 0.4) is 0 Å².